The van der Waals surface area contributed by atoms with Crippen LogP contribution in [0.5, 0.6) is 0 Å². The summed E-state index contributed by atoms with van der Waals surface area (Å²) in [5.74, 6) is 0.224. The SMILES string of the molecule is CCC(C)(C)C(=O)OCC(=O)OC1C2CC3C(=N)OC1C3C2. The van der Waals surface area contributed by atoms with E-state index in [2.05, 4.69) is 0 Å². The van der Waals surface area contributed by atoms with Gasteiger partial charge in [-0.25, -0.2) is 4.79 Å². The highest BCUT2D eigenvalue weighted by Crippen LogP contribution is 2.55. The van der Waals surface area contributed by atoms with Crippen molar-refractivity contribution in [1.29, 1.82) is 5.41 Å². The molecule has 122 valence electrons. The van der Waals surface area contributed by atoms with Crippen LogP contribution < -0.4 is 0 Å². The zero-order valence-electron chi connectivity index (χ0n) is 13.3. The van der Waals surface area contributed by atoms with Crippen LogP contribution in [0.25, 0.3) is 0 Å². The monoisotopic (exact) mass is 309 g/mol. The maximum Gasteiger partial charge on any atom is 0.344 e. The minimum atomic E-state index is -0.594. The Kier molecular flexibility index (Phi) is 3.65. The topological polar surface area (TPSA) is 85.7 Å². The van der Waals surface area contributed by atoms with Crippen LogP contribution in [0.1, 0.15) is 40.0 Å². The first-order valence-electron chi connectivity index (χ1n) is 7.95. The molecule has 0 radical (unpaired) electrons. The van der Waals surface area contributed by atoms with Crippen molar-refractivity contribution in [3.8, 4) is 0 Å². The summed E-state index contributed by atoms with van der Waals surface area (Å²) >= 11 is 0. The van der Waals surface area contributed by atoms with Crippen LogP contribution in [0.3, 0.4) is 0 Å². The lowest BCUT2D eigenvalue weighted by atomic mass is 9.88. The number of ether oxygens (including phenoxy) is 3. The lowest BCUT2D eigenvalue weighted by molar-refractivity contribution is -0.171. The summed E-state index contributed by atoms with van der Waals surface area (Å²) in [7, 11) is 0. The number of esters is 2. The molecule has 5 atom stereocenters. The van der Waals surface area contributed by atoms with E-state index >= 15 is 0 Å². The van der Waals surface area contributed by atoms with E-state index in [0.29, 0.717) is 18.2 Å². The molecule has 3 rings (SSSR count). The molecule has 1 N–H and O–H groups in total. The second-order valence-corrected chi connectivity index (χ2v) is 7.22. The van der Waals surface area contributed by atoms with Gasteiger partial charge in [0.25, 0.3) is 0 Å². The van der Waals surface area contributed by atoms with Crippen molar-refractivity contribution >= 4 is 17.8 Å². The standard InChI is InChI=1S/C16H23NO5/c1-4-16(2,3)15(19)20-7-11(18)21-12-8-5-9-10(6-8)14(17)22-13(9)12/h8-10,12-13,17H,4-7H2,1-3H3. The summed E-state index contributed by atoms with van der Waals surface area (Å²) in [4.78, 5) is 23.8. The van der Waals surface area contributed by atoms with Crippen LogP contribution in [0.2, 0.25) is 0 Å². The van der Waals surface area contributed by atoms with Gasteiger partial charge in [0.05, 0.1) is 5.41 Å². The molecule has 1 saturated heterocycles. The Bertz CT molecular complexity index is 515. The zero-order chi connectivity index (χ0) is 16.1. The summed E-state index contributed by atoms with van der Waals surface area (Å²) in [5.41, 5.74) is -0.594. The van der Waals surface area contributed by atoms with Gasteiger partial charge in [0.15, 0.2) is 12.5 Å². The van der Waals surface area contributed by atoms with Gasteiger partial charge >= 0.3 is 11.9 Å². The molecule has 0 aromatic carbocycles. The van der Waals surface area contributed by atoms with E-state index in [9.17, 15) is 9.59 Å². The maximum absolute atomic E-state index is 11.9. The summed E-state index contributed by atoms with van der Waals surface area (Å²) in [6, 6.07) is 0. The van der Waals surface area contributed by atoms with Crippen molar-refractivity contribution in [3.05, 3.63) is 0 Å². The van der Waals surface area contributed by atoms with Gasteiger partial charge in [-0.3, -0.25) is 10.2 Å². The first-order chi connectivity index (χ1) is 10.3. The molecule has 2 saturated carbocycles. The third-order valence-corrected chi connectivity index (χ3v) is 5.48. The lowest BCUT2D eigenvalue weighted by Gasteiger charge is -2.26. The van der Waals surface area contributed by atoms with E-state index in [1.807, 2.05) is 6.92 Å². The Hall–Kier alpha value is -1.59. The van der Waals surface area contributed by atoms with Crippen molar-refractivity contribution in [2.24, 2.45) is 23.2 Å². The third kappa shape index (κ3) is 2.38. The molecule has 22 heavy (non-hydrogen) atoms. The molecule has 6 heteroatoms. The second-order valence-electron chi connectivity index (χ2n) is 7.22. The van der Waals surface area contributed by atoms with Gasteiger partial charge in [-0.1, -0.05) is 6.92 Å². The van der Waals surface area contributed by atoms with Crippen molar-refractivity contribution in [2.75, 3.05) is 6.61 Å². The molecule has 0 amide bonds. The van der Waals surface area contributed by atoms with Gasteiger partial charge in [0.2, 0.25) is 0 Å². The van der Waals surface area contributed by atoms with Crippen molar-refractivity contribution < 1.29 is 23.8 Å². The smallest absolute Gasteiger partial charge is 0.344 e. The first-order valence-corrected chi connectivity index (χ1v) is 7.95. The summed E-state index contributed by atoms with van der Waals surface area (Å²) < 4.78 is 16.1. The number of carbonyl (C=O) groups is 2. The fourth-order valence-electron chi connectivity index (χ4n) is 3.76. The van der Waals surface area contributed by atoms with Gasteiger partial charge in [0.1, 0.15) is 12.2 Å². The normalized spacial score (nSPS) is 35.4. The van der Waals surface area contributed by atoms with Gasteiger partial charge in [-0.05, 0) is 33.1 Å². The number of hydrogen-bond donors (Lipinski definition) is 1. The van der Waals surface area contributed by atoms with Crippen LogP contribution >= 0.6 is 0 Å². The summed E-state index contributed by atoms with van der Waals surface area (Å²) in [5, 5.41) is 7.80. The van der Waals surface area contributed by atoms with Crippen molar-refractivity contribution in [3.63, 3.8) is 0 Å². The van der Waals surface area contributed by atoms with Gasteiger partial charge in [0, 0.05) is 17.8 Å². The molecule has 0 aromatic rings. The number of fused-ring (bicyclic) bond motifs is 1. The van der Waals surface area contributed by atoms with E-state index in [1.165, 1.54) is 0 Å². The van der Waals surface area contributed by atoms with Crippen LogP contribution in [0, 0.1) is 28.6 Å². The minimum Gasteiger partial charge on any atom is -0.473 e. The maximum atomic E-state index is 11.9. The van der Waals surface area contributed by atoms with Gasteiger partial charge in [-0.15, -0.1) is 0 Å². The highest BCUT2D eigenvalue weighted by molar-refractivity contribution is 5.81. The average Bonchev–Trinajstić information content (AvgIpc) is 3.09. The molecule has 5 unspecified atom stereocenters. The number of carbonyl (C=O) groups excluding carboxylic acids is 2. The summed E-state index contributed by atoms with van der Waals surface area (Å²) in [6.45, 7) is 5.12. The molecule has 3 aliphatic rings. The minimum absolute atomic E-state index is 0.178. The predicted octanol–water partition coefficient (Wildman–Crippen LogP) is 1.91. The van der Waals surface area contributed by atoms with Crippen LogP contribution in [0.4, 0.5) is 0 Å². The molecule has 1 heterocycles. The Morgan fingerprint density at radius 2 is 2.09 bits per heavy atom. The van der Waals surface area contributed by atoms with Crippen molar-refractivity contribution in [2.45, 2.75) is 52.2 Å². The summed E-state index contributed by atoms with van der Waals surface area (Å²) in [6.07, 6.45) is 1.99. The van der Waals surface area contributed by atoms with E-state index < -0.39 is 11.4 Å². The van der Waals surface area contributed by atoms with Crippen LogP contribution in [0.15, 0.2) is 0 Å². The molecule has 1 aliphatic heterocycles. The highest BCUT2D eigenvalue weighted by Gasteiger charge is 2.61. The molecule has 2 bridgehead atoms. The largest absolute Gasteiger partial charge is 0.473 e. The van der Waals surface area contributed by atoms with E-state index in [1.54, 1.807) is 13.8 Å². The Labute approximate surface area is 130 Å². The molecule has 0 aromatic heterocycles. The van der Waals surface area contributed by atoms with Gasteiger partial charge in [-0.2, -0.15) is 0 Å². The molecule has 3 fully saturated rings. The molecule has 0 spiro atoms. The molecular weight excluding hydrogens is 286 g/mol. The number of nitrogens with one attached hydrogen (secondary N) is 1. The van der Waals surface area contributed by atoms with E-state index in [4.69, 9.17) is 19.6 Å². The fraction of sp³-hybridized carbons (Fsp3) is 0.812. The number of rotatable bonds is 5. The highest BCUT2D eigenvalue weighted by atomic mass is 16.6. The average molecular weight is 309 g/mol. The van der Waals surface area contributed by atoms with Gasteiger partial charge < -0.3 is 14.2 Å². The zero-order valence-corrected chi connectivity index (χ0v) is 13.3. The Morgan fingerprint density at radius 3 is 2.77 bits per heavy atom. The molecular formula is C16H23NO5. The first kappa shape index (κ1) is 15.3. The predicted molar refractivity (Wildman–Crippen MR) is 77.2 cm³/mol. The van der Waals surface area contributed by atoms with Crippen LogP contribution in [-0.2, 0) is 23.8 Å². The second kappa shape index (κ2) is 5.25. The quantitative estimate of drug-likeness (QED) is 0.784. The van der Waals surface area contributed by atoms with Crippen LogP contribution in [-0.4, -0.2) is 36.7 Å². The lowest BCUT2D eigenvalue weighted by Crippen LogP contribution is -2.37. The fourth-order valence-corrected chi connectivity index (χ4v) is 3.76. The van der Waals surface area contributed by atoms with Crippen molar-refractivity contribution in [1.82, 2.24) is 0 Å². The third-order valence-electron chi connectivity index (χ3n) is 5.48. The molecule has 2 aliphatic carbocycles. The molecule has 6 nitrogen and oxygen atoms in total. The number of hydrogen-bond acceptors (Lipinski definition) is 6. The van der Waals surface area contributed by atoms with E-state index in [-0.39, 0.29) is 36.6 Å². The Balaban J connectivity index is 1.51. The Morgan fingerprint density at radius 1 is 1.36 bits per heavy atom. The van der Waals surface area contributed by atoms with E-state index in [0.717, 1.165) is 12.8 Å².